The van der Waals surface area contributed by atoms with Crippen LogP contribution in [0, 0.1) is 13.8 Å². The molecule has 1 unspecified atom stereocenters. The SMILES string of the molecule is Cc1ccc(C(C)NCCc2nccn2C)cc1C. The van der Waals surface area contributed by atoms with Crippen LogP contribution in [-0.2, 0) is 13.5 Å². The lowest BCUT2D eigenvalue weighted by Gasteiger charge is -2.15. The molecule has 1 N–H and O–H groups in total. The van der Waals surface area contributed by atoms with Gasteiger partial charge in [-0.15, -0.1) is 0 Å². The average Bonchev–Trinajstić information content (AvgIpc) is 2.78. The highest BCUT2D eigenvalue weighted by Gasteiger charge is 2.06. The van der Waals surface area contributed by atoms with Crippen molar-refractivity contribution in [3.63, 3.8) is 0 Å². The molecule has 0 spiro atoms. The van der Waals surface area contributed by atoms with Crippen molar-refractivity contribution in [1.29, 1.82) is 0 Å². The van der Waals surface area contributed by atoms with Crippen LogP contribution in [0.4, 0.5) is 0 Å². The van der Waals surface area contributed by atoms with Gasteiger partial charge in [0.25, 0.3) is 0 Å². The van der Waals surface area contributed by atoms with E-state index in [-0.39, 0.29) is 0 Å². The molecule has 3 nitrogen and oxygen atoms in total. The summed E-state index contributed by atoms with van der Waals surface area (Å²) in [7, 11) is 2.04. The smallest absolute Gasteiger partial charge is 0.109 e. The maximum atomic E-state index is 4.33. The van der Waals surface area contributed by atoms with Crippen molar-refractivity contribution in [3.05, 3.63) is 53.1 Å². The van der Waals surface area contributed by atoms with E-state index in [0.29, 0.717) is 6.04 Å². The van der Waals surface area contributed by atoms with Crippen LogP contribution in [0.2, 0.25) is 0 Å². The minimum atomic E-state index is 0.375. The number of imidazole rings is 1. The van der Waals surface area contributed by atoms with E-state index in [9.17, 15) is 0 Å². The molecule has 0 saturated heterocycles. The summed E-state index contributed by atoms with van der Waals surface area (Å²) in [6, 6.07) is 7.05. The minimum absolute atomic E-state index is 0.375. The molecule has 19 heavy (non-hydrogen) atoms. The Morgan fingerprint density at radius 2 is 2.05 bits per heavy atom. The molecule has 1 heterocycles. The summed E-state index contributed by atoms with van der Waals surface area (Å²) in [5.74, 6) is 1.12. The maximum absolute atomic E-state index is 4.33. The molecular formula is C16H23N3. The number of nitrogens with zero attached hydrogens (tertiary/aromatic N) is 2. The quantitative estimate of drug-likeness (QED) is 0.892. The Kier molecular flexibility index (Phi) is 4.38. The molecule has 0 radical (unpaired) electrons. The van der Waals surface area contributed by atoms with Gasteiger partial charge in [-0.25, -0.2) is 4.98 Å². The Hall–Kier alpha value is -1.61. The van der Waals surface area contributed by atoms with Gasteiger partial charge in [-0.05, 0) is 37.5 Å². The highest BCUT2D eigenvalue weighted by molar-refractivity contribution is 5.31. The fourth-order valence-electron chi connectivity index (χ4n) is 2.19. The molecule has 0 aliphatic carbocycles. The van der Waals surface area contributed by atoms with Gasteiger partial charge >= 0.3 is 0 Å². The van der Waals surface area contributed by atoms with Gasteiger partial charge in [0.2, 0.25) is 0 Å². The van der Waals surface area contributed by atoms with E-state index in [1.165, 1.54) is 16.7 Å². The number of hydrogen-bond donors (Lipinski definition) is 1. The summed E-state index contributed by atoms with van der Waals surface area (Å²) < 4.78 is 2.07. The zero-order valence-electron chi connectivity index (χ0n) is 12.3. The van der Waals surface area contributed by atoms with E-state index in [1.54, 1.807) is 0 Å². The third-order valence-electron chi connectivity index (χ3n) is 3.75. The maximum Gasteiger partial charge on any atom is 0.109 e. The van der Waals surface area contributed by atoms with E-state index < -0.39 is 0 Å². The summed E-state index contributed by atoms with van der Waals surface area (Å²) >= 11 is 0. The van der Waals surface area contributed by atoms with Crippen LogP contribution >= 0.6 is 0 Å². The average molecular weight is 257 g/mol. The Balaban J connectivity index is 1.89. The standard InChI is InChI=1S/C16H23N3/c1-12-5-6-15(11-13(12)2)14(3)17-8-7-16-18-9-10-19(16)4/h5-6,9-11,14,17H,7-8H2,1-4H3. The van der Waals surface area contributed by atoms with Crippen LogP contribution in [-0.4, -0.2) is 16.1 Å². The zero-order chi connectivity index (χ0) is 13.8. The lowest BCUT2D eigenvalue weighted by Crippen LogP contribution is -2.22. The van der Waals surface area contributed by atoms with Crippen molar-refractivity contribution in [2.45, 2.75) is 33.2 Å². The summed E-state index contributed by atoms with van der Waals surface area (Å²) in [5, 5.41) is 3.56. The molecule has 0 saturated carbocycles. The van der Waals surface area contributed by atoms with Crippen molar-refractivity contribution in [2.75, 3.05) is 6.54 Å². The third kappa shape index (κ3) is 3.44. The summed E-state index contributed by atoms with van der Waals surface area (Å²) in [6.45, 7) is 7.47. The first-order valence-corrected chi connectivity index (χ1v) is 6.84. The number of hydrogen-bond acceptors (Lipinski definition) is 2. The second kappa shape index (κ2) is 6.02. The second-order valence-electron chi connectivity index (χ2n) is 5.22. The number of aromatic nitrogens is 2. The Labute approximate surface area is 115 Å². The Morgan fingerprint density at radius 3 is 2.68 bits per heavy atom. The lowest BCUT2D eigenvalue weighted by atomic mass is 10.0. The van der Waals surface area contributed by atoms with Crippen LogP contribution in [0.3, 0.4) is 0 Å². The van der Waals surface area contributed by atoms with Gasteiger partial charge in [-0.2, -0.15) is 0 Å². The van der Waals surface area contributed by atoms with Crippen molar-refractivity contribution in [2.24, 2.45) is 7.05 Å². The van der Waals surface area contributed by atoms with Crippen molar-refractivity contribution < 1.29 is 0 Å². The molecule has 0 bridgehead atoms. The molecule has 0 aliphatic heterocycles. The summed E-state index contributed by atoms with van der Waals surface area (Å²) in [6.07, 6.45) is 4.79. The van der Waals surface area contributed by atoms with Crippen molar-refractivity contribution in [3.8, 4) is 0 Å². The topological polar surface area (TPSA) is 29.9 Å². The van der Waals surface area contributed by atoms with Gasteiger partial charge < -0.3 is 9.88 Å². The molecule has 3 heteroatoms. The molecule has 1 atom stereocenters. The first-order valence-electron chi connectivity index (χ1n) is 6.84. The predicted molar refractivity (Wildman–Crippen MR) is 79.2 cm³/mol. The number of aryl methyl sites for hydroxylation is 3. The number of benzene rings is 1. The van der Waals surface area contributed by atoms with Crippen LogP contribution in [0.5, 0.6) is 0 Å². The Bertz CT molecular complexity index is 543. The Morgan fingerprint density at radius 1 is 1.26 bits per heavy atom. The first kappa shape index (κ1) is 13.8. The second-order valence-corrected chi connectivity index (χ2v) is 5.22. The van der Waals surface area contributed by atoms with E-state index in [0.717, 1.165) is 18.8 Å². The fraction of sp³-hybridized carbons (Fsp3) is 0.438. The van der Waals surface area contributed by atoms with Gasteiger partial charge in [0.05, 0.1) is 0 Å². The van der Waals surface area contributed by atoms with Gasteiger partial charge in [-0.3, -0.25) is 0 Å². The van der Waals surface area contributed by atoms with E-state index in [4.69, 9.17) is 0 Å². The van der Waals surface area contributed by atoms with Gasteiger partial charge in [-0.1, -0.05) is 18.2 Å². The molecule has 0 fully saturated rings. The zero-order valence-corrected chi connectivity index (χ0v) is 12.3. The molecule has 102 valence electrons. The van der Waals surface area contributed by atoms with E-state index >= 15 is 0 Å². The van der Waals surface area contributed by atoms with Crippen molar-refractivity contribution >= 4 is 0 Å². The summed E-state index contributed by atoms with van der Waals surface area (Å²) in [4.78, 5) is 4.33. The first-order chi connectivity index (χ1) is 9.08. The number of nitrogens with one attached hydrogen (secondary N) is 1. The lowest BCUT2D eigenvalue weighted by molar-refractivity contribution is 0.564. The monoisotopic (exact) mass is 257 g/mol. The van der Waals surface area contributed by atoms with Crippen LogP contribution in [0.25, 0.3) is 0 Å². The molecule has 1 aromatic carbocycles. The predicted octanol–water partition coefficient (Wildman–Crippen LogP) is 2.93. The van der Waals surface area contributed by atoms with Crippen LogP contribution < -0.4 is 5.32 Å². The van der Waals surface area contributed by atoms with Gasteiger partial charge in [0, 0.05) is 38.4 Å². The summed E-state index contributed by atoms with van der Waals surface area (Å²) in [5.41, 5.74) is 4.06. The molecule has 2 aromatic rings. The molecule has 1 aromatic heterocycles. The largest absolute Gasteiger partial charge is 0.338 e. The highest BCUT2D eigenvalue weighted by atomic mass is 15.0. The number of rotatable bonds is 5. The van der Waals surface area contributed by atoms with E-state index in [1.807, 2.05) is 19.4 Å². The molecular weight excluding hydrogens is 234 g/mol. The molecule has 2 rings (SSSR count). The van der Waals surface area contributed by atoms with Crippen LogP contribution in [0.15, 0.2) is 30.6 Å². The third-order valence-corrected chi connectivity index (χ3v) is 3.75. The van der Waals surface area contributed by atoms with E-state index in [2.05, 4.69) is 53.8 Å². The van der Waals surface area contributed by atoms with Gasteiger partial charge in [0.1, 0.15) is 5.82 Å². The normalized spacial score (nSPS) is 12.6. The fourth-order valence-corrected chi connectivity index (χ4v) is 2.19. The van der Waals surface area contributed by atoms with Gasteiger partial charge in [0.15, 0.2) is 0 Å². The van der Waals surface area contributed by atoms with Crippen molar-refractivity contribution in [1.82, 2.24) is 14.9 Å². The minimum Gasteiger partial charge on any atom is -0.338 e. The highest BCUT2D eigenvalue weighted by Crippen LogP contribution is 2.16. The molecule has 0 amide bonds. The molecule has 0 aliphatic rings. The van der Waals surface area contributed by atoms with Crippen LogP contribution in [0.1, 0.15) is 35.5 Å².